The molecule has 0 spiro atoms. The van der Waals surface area contributed by atoms with E-state index in [4.69, 9.17) is 0 Å². The summed E-state index contributed by atoms with van der Waals surface area (Å²) in [5, 5.41) is 0. The van der Waals surface area contributed by atoms with Crippen molar-refractivity contribution in [3.63, 3.8) is 0 Å². The summed E-state index contributed by atoms with van der Waals surface area (Å²) in [5.41, 5.74) is 6.98. The molecule has 22 heavy (non-hydrogen) atoms. The zero-order valence-electron chi connectivity index (χ0n) is 12.6. The van der Waals surface area contributed by atoms with Crippen LogP contribution in [0.5, 0.6) is 0 Å². The first-order valence-electron chi connectivity index (χ1n) is 7.82. The van der Waals surface area contributed by atoms with E-state index in [-0.39, 0.29) is 0 Å². The molecule has 1 heteroatoms. The summed E-state index contributed by atoms with van der Waals surface area (Å²) < 4.78 is 0. The highest BCUT2D eigenvalue weighted by Gasteiger charge is 2.18. The fourth-order valence-corrected chi connectivity index (χ4v) is 3.33. The SMILES string of the molecule is c1ccc(CN2Cc3ccccc3-c3ccccc3C2)cc1. The first kappa shape index (κ1) is 13.3. The topological polar surface area (TPSA) is 3.24 Å². The van der Waals surface area contributed by atoms with Crippen molar-refractivity contribution in [1.82, 2.24) is 4.90 Å². The van der Waals surface area contributed by atoms with Gasteiger partial charge in [-0.2, -0.15) is 0 Å². The van der Waals surface area contributed by atoms with E-state index in [2.05, 4.69) is 83.8 Å². The minimum Gasteiger partial charge on any atom is -0.291 e. The maximum Gasteiger partial charge on any atom is 0.0247 e. The average molecular weight is 285 g/mol. The lowest BCUT2D eigenvalue weighted by Crippen LogP contribution is -2.21. The third-order valence-electron chi connectivity index (χ3n) is 4.36. The largest absolute Gasteiger partial charge is 0.291 e. The molecule has 0 bridgehead atoms. The number of hydrogen-bond donors (Lipinski definition) is 0. The normalized spacial score (nSPS) is 14.0. The van der Waals surface area contributed by atoms with Gasteiger partial charge in [0.15, 0.2) is 0 Å². The van der Waals surface area contributed by atoms with Crippen molar-refractivity contribution < 1.29 is 0 Å². The van der Waals surface area contributed by atoms with E-state index in [0.717, 1.165) is 19.6 Å². The number of fused-ring (bicyclic) bond motifs is 3. The van der Waals surface area contributed by atoms with Gasteiger partial charge in [0, 0.05) is 19.6 Å². The van der Waals surface area contributed by atoms with Crippen LogP contribution in [0.3, 0.4) is 0 Å². The highest BCUT2D eigenvalue weighted by Crippen LogP contribution is 2.32. The summed E-state index contributed by atoms with van der Waals surface area (Å²) in [4.78, 5) is 2.53. The van der Waals surface area contributed by atoms with Crippen molar-refractivity contribution in [2.24, 2.45) is 0 Å². The Morgan fingerprint density at radius 3 is 1.68 bits per heavy atom. The molecule has 0 N–H and O–H groups in total. The highest BCUT2D eigenvalue weighted by molar-refractivity contribution is 5.71. The predicted molar refractivity (Wildman–Crippen MR) is 91.3 cm³/mol. The van der Waals surface area contributed by atoms with Gasteiger partial charge in [0.1, 0.15) is 0 Å². The quantitative estimate of drug-likeness (QED) is 0.649. The minimum atomic E-state index is 0.990. The van der Waals surface area contributed by atoms with Crippen molar-refractivity contribution in [2.45, 2.75) is 19.6 Å². The molecule has 0 saturated heterocycles. The second-order valence-corrected chi connectivity index (χ2v) is 5.95. The van der Waals surface area contributed by atoms with E-state index in [1.807, 2.05) is 0 Å². The van der Waals surface area contributed by atoms with Crippen LogP contribution in [0.1, 0.15) is 16.7 Å². The van der Waals surface area contributed by atoms with Crippen LogP contribution in [-0.4, -0.2) is 4.90 Å². The molecule has 4 rings (SSSR count). The molecule has 108 valence electrons. The van der Waals surface area contributed by atoms with Crippen molar-refractivity contribution >= 4 is 0 Å². The van der Waals surface area contributed by atoms with Crippen molar-refractivity contribution in [2.75, 3.05) is 0 Å². The molecular formula is C21H19N. The second kappa shape index (κ2) is 5.78. The Morgan fingerprint density at radius 1 is 0.591 bits per heavy atom. The van der Waals surface area contributed by atoms with Gasteiger partial charge in [-0.15, -0.1) is 0 Å². The number of rotatable bonds is 2. The Labute approximate surface area is 131 Å². The number of benzene rings is 3. The summed E-state index contributed by atoms with van der Waals surface area (Å²) in [6.07, 6.45) is 0. The smallest absolute Gasteiger partial charge is 0.0247 e. The Kier molecular flexibility index (Phi) is 3.49. The summed E-state index contributed by atoms with van der Waals surface area (Å²) in [7, 11) is 0. The maximum absolute atomic E-state index is 2.53. The molecule has 1 nitrogen and oxygen atoms in total. The van der Waals surface area contributed by atoms with E-state index >= 15 is 0 Å². The molecule has 0 aromatic heterocycles. The van der Waals surface area contributed by atoms with Gasteiger partial charge in [-0.25, -0.2) is 0 Å². The third-order valence-corrected chi connectivity index (χ3v) is 4.36. The zero-order valence-corrected chi connectivity index (χ0v) is 12.6. The summed E-state index contributed by atoms with van der Waals surface area (Å²) in [6, 6.07) is 28.3. The predicted octanol–water partition coefficient (Wildman–Crippen LogP) is 4.87. The third kappa shape index (κ3) is 2.56. The van der Waals surface area contributed by atoms with Crippen LogP contribution in [0.15, 0.2) is 78.9 Å². The maximum atomic E-state index is 2.53. The second-order valence-electron chi connectivity index (χ2n) is 5.95. The van der Waals surface area contributed by atoms with Gasteiger partial charge in [-0.1, -0.05) is 78.9 Å². The first-order valence-corrected chi connectivity index (χ1v) is 7.82. The highest BCUT2D eigenvalue weighted by atomic mass is 15.1. The van der Waals surface area contributed by atoms with Gasteiger partial charge in [0.25, 0.3) is 0 Å². The summed E-state index contributed by atoms with van der Waals surface area (Å²) in [6.45, 7) is 2.99. The van der Waals surface area contributed by atoms with E-state index in [9.17, 15) is 0 Å². The molecule has 0 amide bonds. The van der Waals surface area contributed by atoms with E-state index in [1.165, 1.54) is 27.8 Å². The van der Waals surface area contributed by atoms with Crippen LogP contribution < -0.4 is 0 Å². The standard InChI is InChI=1S/C21H19N/c1-2-8-17(9-3-1)14-22-15-18-10-4-6-12-20(18)21-13-7-5-11-19(21)16-22/h1-13H,14-16H2. The summed E-state index contributed by atoms with van der Waals surface area (Å²) >= 11 is 0. The van der Waals surface area contributed by atoms with E-state index in [1.54, 1.807) is 0 Å². The van der Waals surface area contributed by atoms with Crippen LogP contribution in [0.25, 0.3) is 11.1 Å². The lowest BCUT2D eigenvalue weighted by Gasteiger charge is -2.21. The van der Waals surface area contributed by atoms with Crippen LogP contribution in [0.2, 0.25) is 0 Å². The lowest BCUT2D eigenvalue weighted by atomic mass is 9.97. The lowest BCUT2D eigenvalue weighted by molar-refractivity contribution is 0.250. The Bertz CT molecular complexity index is 729. The van der Waals surface area contributed by atoms with Crippen molar-refractivity contribution in [1.29, 1.82) is 0 Å². The molecule has 0 aliphatic carbocycles. The minimum absolute atomic E-state index is 0.990. The van der Waals surface area contributed by atoms with Gasteiger partial charge in [-0.05, 0) is 27.8 Å². The Morgan fingerprint density at radius 2 is 1.09 bits per heavy atom. The molecular weight excluding hydrogens is 266 g/mol. The van der Waals surface area contributed by atoms with Crippen molar-refractivity contribution in [3.05, 3.63) is 95.6 Å². The van der Waals surface area contributed by atoms with Crippen molar-refractivity contribution in [3.8, 4) is 11.1 Å². The molecule has 1 heterocycles. The monoisotopic (exact) mass is 285 g/mol. The van der Waals surface area contributed by atoms with E-state index < -0.39 is 0 Å². The van der Waals surface area contributed by atoms with Gasteiger partial charge in [0.05, 0.1) is 0 Å². The van der Waals surface area contributed by atoms with Crippen LogP contribution in [0.4, 0.5) is 0 Å². The fraction of sp³-hybridized carbons (Fsp3) is 0.143. The van der Waals surface area contributed by atoms with Crippen LogP contribution in [-0.2, 0) is 19.6 Å². The molecule has 3 aromatic rings. The molecule has 0 fully saturated rings. The van der Waals surface area contributed by atoms with Crippen LogP contribution in [0, 0.1) is 0 Å². The molecule has 0 radical (unpaired) electrons. The zero-order chi connectivity index (χ0) is 14.8. The Balaban J connectivity index is 1.74. The summed E-state index contributed by atoms with van der Waals surface area (Å²) in [5.74, 6) is 0. The first-order chi connectivity index (χ1) is 10.9. The average Bonchev–Trinajstić information content (AvgIpc) is 2.72. The Hall–Kier alpha value is -2.38. The van der Waals surface area contributed by atoms with Gasteiger partial charge < -0.3 is 0 Å². The number of nitrogens with zero attached hydrogens (tertiary/aromatic N) is 1. The van der Waals surface area contributed by atoms with Gasteiger partial charge >= 0.3 is 0 Å². The molecule has 0 atom stereocenters. The fourth-order valence-electron chi connectivity index (χ4n) is 3.33. The molecule has 0 saturated carbocycles. The molecule has 1 aliphatic rings. The molecule has 3 aromatic carbocycles. The number of hydrogen-bond acceptors (Lipinski definition) is 1. The van der Waals surface area contributed by atoms with Gasteiger partial charge in [0.2, 0.25) is 0 Å². The molecule has 1 aliphatic heterocycles. The molecule has 0 unspecified atom stereocenters. The van der Waals surface area contributed by atoms with E-state index in [0.29, 0.717) is 0 Å². The van der Waals surface area contributed by atoms with Crippen LogP contribution >= 0.6 is 0 Å². The van der Waals surface area contributed by atoms with Gasteiger partial charge in [-0.3, -0.25) is 4.90 Å².